The Morgan fingerprint density at radius 1 is 1.00 bits per heavy atom. The van der Waals surface area contributed by atoms with Gasteiger partial charge in [-0.25, -0.2) is 0 Å². The number of nitrogens with one attached hydrogen (secondary N) is 1. The highest BCUT2D eigenvalue weighted by molar-refractivity contribution is 6.30. The van der Waals surface area contributed by atoms with Crippen LogP contribution in [0.1, 0.15) is 22.3 Å². The van der Waals surface area contributed by atoms with E-state index in [9.17, 15) is 13.2 Å². The van der Waals surface area contributed by atoms with Gasteiger partial charge in [0.25, 0.3) is 0 Å². The van der Waals surface area contributed by atoms with E-state index in [4.69, 9.17) is 11.6 Å². The molecule has 21 heavy (non-hydrogen) atoms. The Kier molecular flexibility index (Phi) is 4.47. The topological polar surface area (TPSA) is 12.0 Å². The van der Waals surface area contributed by atoms with Crippen LogP contribution >= 0.6 is 11.6 Å². The van der Waals surface area contributed by atoms with Crippen LogP contribution in [0.15, 0.2) is 36.4 Å². The van der Waals surface area contributed by atoms with Crippen molar-refractivity contribution in [3.63, 3.8) is 0 Å². The molecule has 1 nitrogen and oxygen atoms in total. The van der Waals surface area contributed by atoms with E-state index in [0.717, 1.165) is 23.3 Å². The fraction of sp³-hybridized carbons (Fsp3) is 0.250. The van der Waals surface area contributed by atoms with Gasteiger partial charge >= 0.3 is 6.18 Å². The second kappa shape index (κ2) is 5.98. The van der Waals surface area contributed by atoms with Gasteiger partial charge < -0.3 is 5.32 Å². The van der Waals surface area contributed by atoms with E-state index in [-0.39, 0.29) is 5.02 Å². The van der Waals surface area contributed by atoms with E-state index in [1.807, 2.05) is 32.0 Å². The summed E-state index contributed by atoms with van der Waals surface area (Å²) in [6.45, 7) is 4.46. The zero-order valence-electron chi connectivity index (χ0n) is 11.7. The highest BCUT2D eigenvalue weighted by Gasteiger charge is 2.31. The maximum atomic E-state index is 12.7. The van der Waals surface area contributed by atoms with Crippen LogP contribution in [0.25, 0.3) is 0 Å². The molecule has 0 aliphatic heterocycles. The summed E-state index contributed by atoms with van der Waals surface area (Å²) in [6.07, 6.45) is -4.40. The molecule has 0 spiro atoms. The lowest BCUT2D eigenvalue weighted by atomic mass is 10.1. The predicted octanol–water partition coefficient (Wildman–Crippen LogP) is 5.59. The first kappa shape index (κ1) is 15.7. The summed E-state index contributed by atoms with van der Waals surface area (Å²) in [5, 5.41) is 3.04. The van der Waals surface area contributed by atoms with Crippen molar-refractivity contribution >= 4 is 17.3 Å². The van der Waals surface area contributed by atoms with Crippen molar-refractivity contribution in [2.45, 2.75) is 26.6 Å². The fourth-order valence-corrected chi connectivity index (χ4v) is 2.21. The van der Waals surface area contributed by atoms with Gasteiger partial charge in [0.2, 0.25) is 0 Å². The molecule has 0 aliphatic carbocycles. The van der Waals surface area contributed by atoms with Crippen LogP contribution in [-0.4, -0.2) is 0 Å². The zero-order chi connectivity index (χ0) is 15.6. The molecule has 0 saturated heterocycles. The molecular weight excluding hydrogens is 299 g/mol. The van der Waals surface area contributed by atoms with Crippen molar-refractivity contribution in [1.82, 2.24) is 0 Å². The SMILES string of the molecule is Cc1ccc(CNc2cc(Cl)cc(C(F)(F)F)c2)cc1C. The van der Waals surface area contributed by atoms with Gasteiger partial charge in [-0.05, 0) is 48.7 Å². The van der Waals surface area contributed by atoms with Gasteiger partial charge in [0.05, 0.1) is 5.56 Å². The lowest BCUT2D eigenvalue weighted by Gasteiger charge is -2.12. The van der Waals surface area contributed by atoms with Crippen molar-refractivity contribution in [2.75, 3.05) is 5.32 Å². The third kappa shape index (κ3) is 4.14. The van der Waals surface area contributed by atoms with Gasteiger partial charge in [-0.15, -0.1) is 0 Å². The Bertz CT molecular complexity index is 650. The normalized spacial score (nSPS) is 11.5. The molecule has 0 fully saturated rings. The van der Waals surface area contributed by atoms with E-state index in [1.54, 1.807) is 0 Å². The molecule has 0 aliphatic rings. The number of aryl methyl sites for hydroxylation is 2. The molecule has 0 bridgehead atoms. The molecule has 0 saturated carbocycles. The van der Waals surface area contributed by atoms with Gasteiger partial charge in [-0.1, -0.05) is 29.8 Å². The van der Waals surface area contributed by atoms with Crippen molar-refractivity contribution in [3.05, 3.63) is 63.7 Å². The van der Waals surface area contributed by atoms with Gasteiger partial charge in [0.15, 0.2) is 0 Å². The number of alkyl halides is 3. The number of hydrogen-bond acceptors (Lipinski definition) is 1. The monoisotopic (exact) mass is 313 g/mol. The molecule has 0 atom stereocenters. The molecule has 0 aromatic heterocycles. The number of hydrogen-bond donors (Lipinski definition) is 1. The Labute approximate surface area is 126 Å². The largest absolute Gasteiger partial charge is 0.416 e. The van der Waals surface area contributed by atoms with Gasteiger partial charge in [-0.2, -0.15) is 13.2 Å². The average molecular weight is 314 g/mol. The molecule has 2 aromatic carbocycles. The summed E-state index contributed by atoms with van der Waals surface area (Å²) in [4.78, 5) is 0. The maximum Gasteiger partial charge on any atom is 0.416 e. The lowest BCUT2D eigenvalue weighted by molar-refractivity contribution is -0.137. The van der Waals surface area contributed by atoms with Crippen LogP contribution in [0.3, 0.4) is 0 Å². The molecule has 2 rings (SSSR count). The van der Waals surface area contributed by atoms with Crippen molar-refractivity contribution in [2.24, 2.45) is 0 Å². The van der Waals surface area contributed by atoms with Crippen LogP contribution in [0.5, 0.6) is 0 Å². The summed E-state index contributed by atoms with van der Waals surface area (Å²) in [5.41, 5.74) is 2.94. The summed E-state index contributed by atoms with van der Waals surface area (Å²) in [6, 6.07) is 9.42. The number of benzene rings is 2. The summed E-state index contributed by atoms with van der Waals surface area (Å²) >= 11 is 5.74. The van der Waals surface area contributed by atoms with E-state index in [1.165, 1.54) is 11.6 Å². The predicted molar refractivity (Wildman–Crippen MR) is 79.7 cm³/mol. The Morgan fingerprint density at radius 3 is 2.33 bits per heavy atom. The number of anilines is 1. The smallest absolute Gasteiger partial charge is 0.381 e. The maximum absolute atomic E-state index is 12.7. The van der Waals surface area contributed by atoms with Crippen LogP contribution in [0.4, 0.5) is 18.9 Å². The number of rotatable bonds is 3. The first-order valence-corrected chi connectivity index (χ1v) is 6.81. The Balaban J connectivity index is 2.16. The third-order valence-electron chi connectivity index (χ3n) is 3.29. The van der Waals surface area contributed by atoms with E-state index < -0.39 is 11.7 Å². The highest BCUT2D eigenvalue weighted by Crippen LogP contribution is 2.33. The minimum atomic E-state index is -4.40. The summed E-state index contributed by atoms with van der Waals surface area (Å²) < 4.78 is 38.2. The second-order valence-corrected chi connectivity index (χ2v) is 5.43. The van der Waals surface area contributed by atoms with Gasteiger partial charge in [0.1, 0.15) is 0 Å². The van der Waals surface area contributed by atoms with Crippen molar-refractivity contribution < 1.29 is 13.2 Å². The molecule has 0 heterocycles. The summed E-state index contributed by atoms with van der Waals surface area (Å²) in [5.74, 6) is 0. The molecule has 0 amide bonds. The second-order valence-electron chi connectivity index (χ2n) is 5.00. The van der Waals surface area contributed by atoms with E-state index >= 15 is 0 Å². The fourth-order valence-electron chi connectivity index (χ4n) is 1.97. The van der Waals surface area contributed by atoms with Crippen LogP contribution < -0.4 is 5.32 Å². The standard InChI is InChI=1S/C16H15ClF3N/c1-10-3-4-12(5-11(10)2)9-21-15-7-13(16(18,19)20)6-14(17)8-15/h3-8,21H,9H2,1-2H3. The first-order chi connectivity index (χ1) is 9.75. The van der Waals surface area contributed by atoms with Crippen molar-refractivity contribution in [3.8, 4) is 0 Å². The summed E-state index contributed by atoms with van der Waals surface area (Å²) in [7, 11) is 0. The molecule has 1 N–H and O–H groups in total. The first-order valence-electron chi connectivity index (χ1n) is 6.43. The van der Waals surface area contributed by atoms with E-state index in [2.05, 4.69) is 5.32 Å². The average Bonchev–Trinajstić information content (AvgIpc) is 2.38. The minimum absolute atomic E-state index is 0.0624. The van der Waals surface area contributed by atoms with Gasteiger partial charge in [-0.3, -0.25) is 0 Å². The van der Waals surface area contributed by atoms with Gasteiger partial charge in [0, 0.05) is 17.3 Å². The van der Waals surface area contributed by atoms with Crippen molar-refractivity contribution in [1.29, 1.82) is 0 Å². The zero-order valence-corrected chi connectivity index (χ0v) is 12.4. The number of halogens is 4. The molecule has 112 valence electrons. The quantitative estimate of drug-likeness (QED) is 0.779. The Morgan fingerprint density at radius 2 is 1.71 bits per heavy atom. The molecular formula is C16H15ClF3N. The minimum Gasteiger partial charge on any atom is -0.381 e. The highest BCUT2D eigenvalue weighted by atomic mass is 35.5. The lowest BCUT2D eigenvalue weighted by Crippen LogP contribution is -2.07. The van der Waals surface area contributed by atoms with Crippen LogP contribution in [0, 0.1) is 13.8 Å². The Hall–Kier alpha value is -1.68. The van der Waals surface area contributed by atoms with E-state index in [0.29, 0.717) is 12.2 Å². The van der Waals surface area contributed by atoms with Crippen LogP contribution in [-0.2, 0) is 12.7 Å². The molecule has 0 unspecified atom stereocenters. The van der Waals surface area contributed by atoms with Crippen LogP contribution in [0.2, 0.25) is 5.02 Å². The molecule has 0 radical (unpaired) electrons. The molecule has 5 heteroatoms. The third-order valence-corrected chi connectivity index (χ3v) is 3.51. The molecule has 2 aromatic rings.